The Hall–Kier alpha value is -2.59. The third-order valence-corrected chi connectivity index (χ3v) is 5.98. The molecule has 1 aromatic carbocycles. The van der Waals surface area contributed by atoms with Crippen molar-refractivity contribution in [2.75, 3.05) is 31.7 Å². The second kappa shape index (κ2) is 7.57. The molecule has 1 N–H and O–H groups in total. The number of thioether (sulfide) groups is 1. The van der Waals surface area contributed by atoms with Gasteiger partial charge < -0.3 is 15.1 Å². The third kappa shape index (κ3) is 4.77. The van der Waals surface area contributed by atoms with E-state index in [2.05, 4.69) is 9.71 Å². The van der Waals surface area contributed by atoms with E-state index < -0.39 is 10.0 Å². The van der Waals surface area contributed by atoms with Crippen LogP contribution >= 0.6 is 11.8 Å². The molecule has 0 aromatic heterocycles. The number of fused-ring (bicyclic) bond motifs is 1. The highest BCUT2D eigenvalue weighted by molar-refractivity contribution is 8.13. The lowest BCUT2D eigenvalue weighted by Gasteiger charge is -2.26. The number of nitrogens with one attached hydrogen (secondary N) is 1. The number of amidine groups is 1. The van der Waals surface area contributed by atoms with E-state index >= 15 is 0 Å². The number of benzene rings is 1. The molecule has 2 heterocycles. The zero-order chi connectivity index (χ0) is 19.6. The van der Waals surface area contributed by atoms with Gasteiger partial charge in [0.1, 0.15) is 5.84 Å². The first-order valence-corrected chi connectivity index (χ1v) is 10.5. The number of sulfonamides is 1. The first-order valence-electron chi connectivity index (χ1n) is 8.03. The molecule has 3 rings (SSSR count). The molecule has 2 amide bonds. The Kier molecular flexibility index (Phi) is 5.38. The Morgan fingerprint density at radius 3 is 2.56 bits per heavy atom. The number of carbonyl (C=O) groups excluding carboxylic acids is 2. The Labute approximate surface area is 161 Å². The summed E-state index contributed by atoms with van der Waals surface area (Å²) >= 11 is 1.10. The van der Waals surface area contributed by atoms with Gasteiger partial charge in [0.05, 0.1) is 11.3 Å². The van der Waals surface area contributed by atoms with E-state index in [1.54, 1.807) is 49.5 Å². The molecule has 0 saturated heterocycles. The van der Waals surface area contributed by atoms with Crippen LogP contribution in [0.1, 0.15) is 0 Å². The van der Waals surface area contributed by atoms with Crippen LogP contribution in [0.2, 0.25) is 0 Å². The molecule has 2 aliphatic rings. The fourth-order valence-electron chi connectivity index (χ4n) is 2.34. The van der Waals surface area contributed by atoms with Gasteiger partial charge in [0.2, 0.25) is 0 Å². The molecule has 142 valence electrons. The summed E-state index contributed by atoms with van der Waals surface area (Å²) in [5.74, 6) is -0.0891. The van der Waals surface area contributed by atoms with E-state index in [0.717, 1.165) is 16.7 Å². The summed E-state index contributed by atoms with van der Waals surface area (Å²) in [4.78, 5) is 28.0. The van der Waals surface area contributed by atoms with Crippen LogP contribution in [0.25, 0.3) is 0 Å². The molecule has 0 atom stereocenters. The average Bonchev–Trinajstić information content (AvgIpc) is 2.62. The lowest BCUT2D eigenvalue weighted by atomic mass is 10.1. The summed E-state index contributed by atoms with van der Waals surface area (Å²) < 4.78 is 26.7. The smallest absolute Gasteiger partial charge is 0.285 e. The number of carbonyl (C=O) groups is 2. The van der Waals surface area contributed by atoms with E-state index in [4.69, 9.17) is 0 Å². The monoisotopic (exact) mass is 406 g/mol. The number of hydrogen-bond acceptors (Lipinski definition) is 6. The highest BCUT2D eigenvalue weighted by atomic mass is 32.2. The molecule has 27 heavy (non-hydrogen) atoms. The van der Waals surface area contributed by atoms with Gasteiger partial charge in [-0.25, -0.2) is 8.42 Å². The van der Waals surface area contributed by atoms with Crippen molar-refractivity contribution >= 4 is 44.5 Å². The van der Waals surface area contributed by atoms with Crippen LogP contribution in [-0.2, 0) is 14.8 Å². The molecule has 2 aliphatic heterocycles. The SMILES string of the molecule is CN(C)C(=O)Sc1ccc(NC(=O)C2=CN3CCS(=O)(=O)N=C3C=C2)cc1. The lowest BCUT2D eigenvalue weighted by Crippen LogP contribution is -2.37. The van der Waals surface area contributed by atoms with Crippen LogP contribution < -0.4 is 5.32 Å². The van der Waals surface area contributed by atoms with Crippen molar-refractivity contribution in [2.45, 2.75) is 4.90 Å². The van der Waals surface area contributed by atoms with Gasteiger partial charge in [-0.1, -0.05) is 0 Å². The molecule has 8 nitrogen and oxygen atoms in total. The van der Waals surface area contributed by atoms with Crippen LogP contribution in [0.3, 0.4) is 0 Å². The maximum Gasteiger partial charge on any atom is 0.285 e. The summed E-state index contributed by atoms with van der Waals surface area (Å²) in [6, 6.07) is 6.95. The van der Waals surface area contributed by atoms with Gasteiger partial charge in [-0.05, 0) is 48.2 Å². The zero-order valence-corrected chi connectivity index (χ0v) is 16.4. The van der Waals surface area contributed by atoms with E-state index in [1.165, 1.54) is 17.1 Å². The minimum atomic E-state index is -3.42. The van der Waals surface area contributed by atoms with Crippen molar-refractivity contribution in [2.24, 2.45) is 4.40 Å². The maximum absolute atomic E-state index is 12.4. The van der Waals surface area contributed by atoms with E-state index in [-0.39, 0.29) is 23.4 Å². The number of hydrogen-bond donors (Lipinski definition) is 1. The highest BCUT2D eigenvalue weighted by Gasteiger charge is 2.25. The molecule has 10 heteroatoms. The first kappa shape index (κ1) is 19.2. The van der Waals surface area contributed by atoms with E-state index in [1.807, 2.05) is 0 Å². The van der Waals surface area contributed by atoms with Crippen LogP contribution in [0.4, 0.5) is 10.5 Å². The number of anilines is 1. The van der Waals surface area contributed by atoms with Crippen LogP contribution in [0.15, 0.2) is 57.5 Å². The maximum atomic E-state index is 12.4. The normalized spacial score (nSPS) is 17.5. The first-order chi connectivity index (χ1) is 12.7. The molecule has 0 aliphatic carbocycles. The molecule has 0 saturated carbocycles. The van der Waals surface area contributed by atoms with Gasteiger partial charge >= 0.3 is 0 Å². The predicted octanol–water partition coefficient (Wildman–Crippen LogP) is 1.90. The topological polar surface area (TPSA) is 99.1 Å². The summed E-state index contributed by atoms with van der Waals surface area (Å²) in [6.07, 6.45) is 4.63. The Balaban J connectivity index is 1.65. The molecule has 0 fully saturated rings. The van der Waals surface area contributed by atoms with Crippen molar-refractivity contribution in [3.8, 4) is 0 Å². The standard InChI is InChI=1S/C17H18N4O4S2/c1-20(2)17(23)26-14-6-4-13(5-7-14)18-16(22)12-3-8-15-19-27(24,25)10-9-21(15)11-12/h3-8,11H,9-10H2,1-2H3,(H,18,22). The molecule has 0 bridgehead atoms. The summed E-state index contributed by atoms with van der Waals surface area (Å²) in [5.41, 5.74) is 0.992. The second-order valence-corrected chi connectivity index (χ2v) is 8.87. The van der Waals surface area contributed by atoms with Crippen molar-refractivity contribution in [3.63, 3.8) is 0 Å². The van der Waals surface area contributed by atoms with Crippen LogP contribution in [0, 0.1) is 0 Å². The molecule has 1 aromatic rings. The van der Waals surface area contributed by atoms with Crippen molar-refractivity contribution in [3.05, 3.63) is 48.2 Å². The fraction of sp³-hybridized carbons (Fsp3) is 0.235. The van der Waals surface area contributed by atoms with Gasteiger partial charge in [0.25, 0.3) is 21.2 Å². The van der Waals surface area contributed by atoms with Gasteiger partial charge in [0, 0.05) is 37.4 Å². The van der Waals surface area contributed by atoms with Crippen molar-refractivity contribution in [1.29, 1.82) is 0 Å². The van der Waals surface area contributed by atoms with E-state index in [9.17, 15) is 18.0 Å². The summed E-state index contributed by atoms with van der Waals surface area (Å²) in [6.45, 7) is 0.258. The summed E-state index contributed by atoms with van der Waals surface area (Å²) in [5, 5.41) is 2.70. The predicted molar refractivity (Wildman–Crippen MR) is 105 cm³/mol. The molecular formula is C17H18N4O4S2. The third-order valence-electron chi connectivity index (χ3n) is 3.77. The Morgan fingerprint density at radius 2 is 1.89 bits per heavy atom. The second-order valence-electron chi connectivity index (χ2n) is 6.09. The average molecular weight is 406 g/mol. The number of amides is 2. The highest BCUT2D eigenvalue weighted by Crippen LogP contribution is 2.23. The van der Waals surface area contributed by atoms with Gasteiger partial charge in [-0.15, -0.1) is 4.40 Å². The Morgan fingerprint density at radius 1 is 1.19 bits per heavy atom. The van der Waals surface area contributed by atoms with Crippen LogP contribution in [-0.4, -0.2) is 61.6 Å². The van der Waals surface area contributed by atoms with Gasteiger partial charge in [-0.2, -0.15) is 0 Å². The molecule has 0 unspecified atom stereocenters. The number of nitrogens with zero attached hydrogens (tertiary/aromatic N) is 3. The number of rotatable bonds is 3. The Bertz CT molecular complexity index is 963. The lowest BCUT2D eigenvalue weighted by molar-refractivity contribution is -0.112. The van der Waals surface area contributed by atoms with Gasteiger partial charge in [0.15, 0.2) is 0 Å². The fourth-order valence-corrected chi connectivity index (χ4v) is 3.96. The molecule has 0 radical (unpaired) electrons. The molecular weight excluding hydrogens is 388 g/mol. The van der Waals surface area contributed by atoms with Crippen molar-refractivity contribution in [1.82, 2.24) is 9.80 Å². The summed E-state index contributed by atoms with van der Waals surface area (Å²) in [7, 11) is -0.0539. The van der Waals surface area contributed by atoms with Crippen LogP contribution in [0.5, 0.6) is 0 Å². The van der Waals surface area contributed by atoms with E-state index in [0.29, 0.717) is 17.1 Å². The minimum Gasteiger partial charge on any atom is -0.339 e. The quantitative estimate of drug-likeness (QED) is 0.770. The molecule has 0 spiro atoms. The largest absolute Gasteiger partial charge is 0.339 e. The van der Waals surface area contributed by atoms with Gasteiger partial charge in [-0.3, -0.25) is 9.59 Å². The van der Waals surface area contributed by atoms with Crippen molar-refractivity contribution < 1.29 is 18.0 Å². The zero-order valence-electron chi connectivity index (χ0n) is 14.7. The minimum absolute atomic E-state index is 0.0784.